The average molecular weight is 445 g/mol. The van der Waals surface area contributed by atoms with Gasteiger partial charge in [-0.3, -0.25) is 9.36 Å². The molecule has 0 saturated heterocycles. The van der Waals surface area contributed by atoms with Crippen molar-refractivity contribution in [3.05, 3.63) is 80.7 Å². The van der Waals surface area contributed by atoms with Crippen molar-refractivity contribution in [2.24, 2.45) is 0 Å². The lowest BCUT2D eigenvalue weighted by molar-refractivity contribution is 0.737. The molecule has 4 rings (SSSR count). The molecule has 132 valence electrons. The van der Waals surface area contributed by atoms with Crippen LogP contribution in [0, 0.1) is 0 Å². The molecule has 0 N–H and O–H groups in total. The van der Waals surface area contributed by atoms with E-state index in [9.17, 15) is 4.79 Å². The van der Waals surface area contributed by atoms with Gasteiger partial charge in [-0.2, -0.15) is 0 Å². The van der Waals surface area contributed by atoms with E-state index < -0.39 is 0 Å². The van der Waals surface area contributed by atoms with Crippen molar-refractivity contribution in [1.82, 2.24) is 9.55 Å². The van der Waals surface area contributed by atoms with Crippen LogP contribution in [0.15, 0.2) is 73.9 Å². The van der Waals surface area contributed by atoms with E-state index in [1.54, 1.807) is 28.1 Å². The Morgan fingerprint density at radius 3 is 2.62 bits per heavy atom. The Hall–Kier alpha value is -1.50. The smallest absolute Gasteiger partial charge is 0.268 e. The van der Waals surface area contributed by atoms with Gasteiger partial charge in [0.2, 0.25) is 0 Å². The first kappa shape index (κ1) is 17.9. The summed E-state index contributed by atoms with van der Waals surface area (Å²) in [6.07, 6.45) is 0.865. The van der Waals surface area contributed by atoms with Crippen molar-refractivity contribution in [3.63, 3.8) is 0 Å². The molecule has 3 aromatic rings. The molecule has 2 heterocycles. The van der Waals surface area contributed by atoms with Gasteiger partial charge < -0.3 is 0 Å². The van der Waals surface area contributed by atoms with Crippen LogP contribution in [0.5, 0.6) is 0 Å². The molecule has 1 atom stereocenters. The minimum atomic E-state index is 0.0441. The summed E-state index contributed by atoms with van der Waals surface area (Å²) in [5.74, 6) is 0.931. The van der Waals surface area contributed by atoms with Crippen LogP contribution in [-0.4, -0.2) is 15.3 Å². The molecule has 0 bridgehead atoms. The molecule has 0 unspecified atom stereocenters. The SMILES string of the molecule is C[C@@H](Sc1nc2c(c(=O)n1-c1ccc(Br)cc1)SCC2)c1ccccc1. The fourth-order valence-corrected chi connectivity index (χ4v) is 5.30. The molecule has 0 fully saturated rings. The molecule has 1 aliphatic heterocycles. The number of hydrogen-bond acceptors (Lipinski definition) is 4. The van der Waals surface area contributed by atoms with E-state index in [0.717, 1.165) is 38.1 Å². The summed E-state index contributed by atoms with van der Waals surface area (Å²) in [4.78, 5) is 18.8. The van der Waals surface area contributed by atoms with Crippen LogP contribution in [-0.2, 0) is 6.42 Å². The zero-order valence-electron chi connectivity index (χ0n) is 14.2. The van der Waals surface area contributed by atoms with Gasteiger partial charge in [-0.05, 0) is 36.8 Å². The highest BCUT2D eigenvalue weighted by Crippen LogP contribution is 2.36. The molecule has 6 heteroatoms. The number of nitrogens with zero attached hydrogens (tertiary/aromatic N) is 2. The Kier molecular flexibility index (Phi) is 5.25. The maximum atomic E-state index is 13.2. The molecule has 0 aliphatic carbocycles. The molecule has 3 nitrogen and oxygen atoms in total. The van der Waals surface area contributed by atoms with Crippen molar-refractivity contribution in [1.29, 1.82) is 0 Å². The number of fused-ring (bicyclic) bond motifs is 1. The van der Waals surface area contributed by atoms with Gasteiger partial charge in [-0.1, -0.05) is 58.0 Å². The summed E-state index contributed by atoms with van der Waals surface area (Å²) in [5, 5.41) is 0.965. The molecule has 0 saturated carbocycles. The number of halogens is 1. The lowest BCUT2D eigenvalue weighted by Gasteiger charge is -2.17. The summed E-state index contributed by atoms with van der Waals surface area (Å²) in [5.41, 5.74) is 3.06. The zero-order chi connectivity index (χ0) is 18.1. The van der Waals surface area contributed by atoms with Gasteiger partial charge >= 0.3 is 0 Å². The standard InChI is InChI=1S/C20H17BrN2OS2/c1-13(14-5-3-2-4-6-14)26-20-22-17-11-12-25-18(17)19(24)23(20)16-9-7-15(21)8-10-16/h2-10,13H,11-12H2,1H3/t13-/m1/s1. The third kappa shape index (κ3) is 3.50. The molecular formula is C20H17BrN2OS2. The van der Waals surface area contributed by atoms with E-state index in [-0.39, 0.29) is 10.8 Å². The third-order valence-corrected chi connectivity index (χ3v) is 7.05. The molecule has 0 spiro atoms. The number of aryl methyl sites for hydroxylation is 1. The monoisotopic (exact) mass is 444 g/mol. The van der Waals surface area contributed by atoms with Crippen molar-refractivity contribution in [2.75, 3.05) is 5.75 Å². The lowest BCUT2D eigenvalue weighted by atomic mass is 10.2. The second-order valence-electron chi connectivity index (χ2n) is 6.06. The first-order valence-electron chi connectivity index (χ1n) is 8.40. The van der Waals surface area contributed by atoms with Gasteiger partial charge in [0.1, 0.15) is 0 Å². The number of thioether (sulfide) groups is 2. The molecule has 0 amide bonds. The number of rotatable bonds is 4. The highest BCUT2D eigenvalue weighted by Gasteiger charge is 2.23. The largest absolute Gasteiger partial charge is 0.272 e. The zero-order valence-corrected chi connectivity index (χ0v) is 17.4. The van der Waals surface area contributed by atoms with Crippen LogP contribution in [0.2, 0.25) is 0 Å². The quantitative estimate of drug-likeness (QED) is 0.393. The van der Waals surface area contributed by atoms with Crippen LogP contribution >= 0.6 is 39.5 Å². The summed E-state index contributed by atoms with van der Waals surface area (Å²) >= 11 is 6.71. The van der Waals surface area contributed by atoms with Crippen molar-refractivity contribution >= 4 is 39.5 Å². The first-order chi connectivity index (χ1) is 12.6. The minimum Gasteiger partial charge on any atom is -0.268 e. The van der Waals surface area contributed by atoms with Crippen LogP contribution in [0.4, 0.5) is 0 Å². The predicted molar refractivity (Wildman–Crippen MR) is 113 cm³/mol. The molecule has 1 aromatic heterocycles. The van der Waals surface area contributed by atoms with E-state index in [0.29, 0.717) is 0 Å². The van der Waals surface area contributed by atoms with Crippen molar-refractivity contribution in [2.45, 2.75) is 28.6 Å². The van der Waals surface area contributed by atoms with Gasteiger partial charge in [0.15, 0.2) is 5.16 Å². The van der Waals surface area contributed by atoms with E-state index >= 15 is 0 Å². The Morgan fingerprint density at radius 2 is 1.88 bits per heavy atom. The van der Waals surface area contributed by atoms with E-state index in [1.165, 1.54) is 5.56 Å². The Morgan fingerprint density at radius 1 is 1.15 bits per heavy atom. The molecule has 0 radical (unpaired) electrons. The van der Waals surface area contributed by atoms with E-state index in [1.807, 2.05) is 42.5 Å². The lowest BCUT2D eigenvalue weighted by Crippen LogP contribution is -2.24. The first-order valence-corrected chi connectivity index (χ1v) is 11.1. The summed E-state index contributed by atoms with van der Waals surface area (Å²) in [6.45, 7) is 2.15. The summed E-state index contributed by atoms with van der Waals surface area (Å²) < 4.78 is 2.75. The van der Waals surface area contributed by atoms with Crippen LogP contribution in [0.25, 0.3) is 5.69 Å². The van der Waals surface area contributed by atoms with Gasteiger partial charge in [-0.15, -0.1) is 11.8 Å². The van der Waals surface area contributed by atoms with Crippen molar-refractivity contribution < 1.29 is 0 Å². The van der Waals surface area contributed by atoms with E-state index in [4.69, 9.17) is 4.98 Å². The number of aromatic nitrogens is 2. The van der Waals surface area contributed by atoms with Crippen LogP contribution in [0.3, 0.4) is 0 Å². The Bertz CT molecular complexity index is 987. The van der Waals surface area contributed by atoms with Crippen LogP contribution < -0.4 is 5.56 Å². The highest BCUT2D eigenvalue weighted by molar-refractivity contribution is 9.10. The Balaban J connectivity index is 1.81. The normalized spacial score (nSPS) is 14.2. The third-order valence-electron chi connectivity index (χ3n) is 4.30. The second kappa shape index (κ2) is 7.62. The molecule has 1 aliphatic rings. The number of hydrogen-bond donors (Lipinski definition) is 0. The fraction of sp³-hybridized carbons (Fsp3) is 0.200. The number of benzene rings is 2. The predicted octanol–water partition coefficient (Wildman–Crippen LogP) is 5.50. The van der Waals surface area contributed by atoms with Crippen molar-refractivity contribution in [3.8, 4) is 5.69 Å². The fourth-order valence-electron chi connectivity index (χ4n) is 2.94. The van der Waals surface area contributed by atoms with Gasteiger partial charge in [0.05, 0.1) is 16.3 Å². The molecular weight excluding hydrogens is 428 g/mol. The minimum absolute atomic E-state index is 0.0441. The summed E-state index contributed by atoms with van der Waals surface area (Å²) in [7, 11) is 0. The van der Waals surface area contributed by atoms with E-state index in [2.05, 4.69) is 35.0 Å². The second-order valence-corrected chi connectivity index (χ2v) is 9.39. The van der Waals surface area contributed by atoms with Crippen LogP contribution in [0.1, 0.15) is 23.4 Å². The topological polar surface area (TPSA) is 34.9 Å². The molecule has 2 aromatic carbocycles. The molecule has 26 heavy (non-hydrogen) atoms. The van der Waals surface area contributed by atoms with Gasteiger partial charge in [-0.25, -0.2) is 4.98 Å². The highest BCUT2D eigenvalue weighted by atomic mass is 79.9. The average Bonchev–Trinajstić information content (AvgIpc) is 3.13. The summed E-state index contributed by atoms with van der Waals surface area (Å²) in [6, 6.07) is 18.2. The Labute approximate surface area is 169 Å². The van der Waals surface area contributed by atoms with Gasteiger partial charge in [0, 0.05) is 21.9 Å². The maximum absolute atomic E-state index is 13.2. The van der Waals surface area contributed by atoms with Gasteiger partial charge in [0.25, 0.3) is 5.56 Å². The maximum Gasteiger partial charge on any atom is 0.272 e.